The van der Waals surface area contributed by atoms with Crippen LogP contribution >= 0.6 is 0 Å². The molecule has 0 unspecified atom stereocenters. The Morgan fingerprint density at radius 3 is 2.08 bits per heavy atom. The van der Waals surface area contributed by atoms with Gasteiger partial charge in [0.15, 0.2) is 0 Å². The van der Waals surface area contributed by atoms with Gasteiger partial charge in [-0.15, -0.1) is 0 Å². The third-order valence-electron chi connectivity index (χ3n) is 1.45. The Hall–Kier alpha value is -1.24. The van der Waals surface area contributed by atoms with Crippen molar-refractivity contribution in [1.29, 1.82) is 0 Å². The van der Waals surface area contributed by atoms with Gasteiger partial charge in [-0.2, -0.15) is 0 Å². The second-order valence-electron chi connectivity index (χ2n) is 2.69. The van der Waals surface area contributed by atoms with Crippen LogP contribution in [0.2, 0.25) is 0 Å². The number of phenols is 1. The monoisotopic (exact) mass is 178 g/mol. The fourth-order valence-corrected chi connectivity index (χ4v) is 0.761. The molecular formula is C12H18O. The molecule has 1 rings (SSSR count). The molecule has 0 aliphatic rings. The van der Waals surface area contributed by atoms with E-state index >= 15 is 0 Å². The smallest absolute Gasteiger partial charge is 0.115 e. The van der Waals surface area contributed by atoms with Gasteiger partial charge >= 0.3 is 0 Å². The van der Waals surface area contributed by atoms with Crippen LogP contribution < -0.4 is 0 Å². The van der Waals surface area contributed by atoms with E-state index in [-0.39, 0.29) is 0 Å². The Balaban J connectivity index is 0.000000226. The number of rotatable bonds is 2. The number of allylic oxidation sites excluding steroid dienone is 2. The molecule has 0 heterocycles. The number of aromatic hydroxyl groups is 1. The minimum atomic E-state index is 0.322. The molecule has 0 amide bonds. The standard InChI is InChI=1S/C6H6O.C6H12/c7-6-4-2-1-3-5-6;1-3-5-6-4-2/h1-5,7H;3,5H,4,6H2,1-2H3/b;5-3+. The van der Waals surface area contributed by atoms with Gasteiger partial charge in [0.05, 0.1) is 0 Å². The lowest BCUT2D eigenvalue weighted by molar-refractivity contribution is 0.475. The van der Waals surface area contributed by atoms with Crippen LogP contribution in [0.5, 0.6) is 5.75 Å². The minimum Gasteiger partial charge on any atom is -0.508 e. The second-order valence-corrected chi connectivity index (χ2v) is 2.69. The molecule has 0 aliphatic carbocycles. The molecule has 0 atom stereocenters. The summed E-state index contributed by atoms with van der Waals surface area (Å²) >= 11 is 0. The van der Waals surface area contributed by atoms with Gasteiger partial charge in [0.2, 0.25) is 0 Å². The summed E-state index contributed by atoms with van der Waals surface area (Å²) in [5.41, 5.74) is 0. The van der Waals surface area contributed by atoms with Gasteiger partial charge in [-0.1, -0.05) is 43.7 Å². The summed E-state index contributed by atoms with van der Waals surface area (Å²) in [5.74, 6) is 0.322. The molecule has 0 fully saturated rings. The summed E-state index contributed by atoms with van der Waals surface area (Å²) in [5, 5.41) is 8.63. The molecule has 1 aromatic rings. The first kappa shape index (κ1) is 11.8. The van der Waals surface area contributed by atoms with Crippen LogP contribution in [0.3, 0.4) is 0 Å². The molecule has 0 saturated carbocycles. The van der Waals surface area contributed by atoms with Crippen LogP contribution in [-0.4, -0.2) is 5.11 Å². The average molecular weight is 178 g/mol. The van der Waals surface area contributed by atoms with Crippen molar-refractivity contribution in [2.45, 2.75) is 26.7 Å². The molecule has 0 saturated heterocycles. The van der Waals surface area contributed by atoms with Crippen molar-refractivity contribution in [2.24, 2.45) is 0 Å². The Labute approximate surface area is 80.7 Å². The first-order valence-electron chi connectivity index (χ1n) is 4.66. The fraction of sp³-hybridized carbons (Fsp3) is 0.333. The lowest BCUT2D eigenvalue weighted by Gasteiger charge is -1.82. The topological polar surface area (TPSA) is 20.2 Å². The lowest BCUT2D eigenvalue weighted by Crippen LogP contribution is -1.56. The third kappa shape index (κ3) is 8.67. The van der Waals surface area contributed by atoms with Gasteiger partial charge in [-0.3, -0.25) is 0 Å². The molecule has 1 heteroatoms. The molecule has 0 aliphatic heterocycles. The zero-order chi connectivity index (χ0) is 9.94. The maximum absolute atomic E-state index is 8.63. The summed E-state index contributed by atoms with van der Waals surface area (Å²) in [6.07, 6.45) is 6.77. The van der Waals surface area contributed by atoms with Gasteiger partial charge in [0.1, 0.15) is 5.75 Å². The predicted octanol–water partition coefficient (Wildman–Crippen LogP) is 3.75. The predicted molar refractivity (Wildman–Crippen MR) is 57.8 cm³/mol. The largest absolute Gasteiger partial charge is 0.508 e. The van der Waals surface area contributed by atoms with Crippen LogP contribution in [0.25, 0.3) is 0 Å². The van der Waals surface area contributed by atoms with E-state index in [0.717, 1.165) is 0 Å². The molecule has 1 N–H and O–H groups in total. The minimum absolute atomic E-state index is 0.322. The highest BCUT2D eigenvalue weighted by atomic mass is 16.3. The number of phenolic OH excluding ortho intramolecular Hbond substituents is 1. The average Bonchev–Trinajstić information content (AvgIpc) is 2.17. The van der Waals surface area contributed by atoms with Gasteiger partial charge in [0.25, 0.3) is 0 Å². The number of benzene rings is 1. The van der Waals surface area contributed by atoms with E-state index in [1.165, 1.54) is 12.8 Å². The normalized spacial score (nSPS) is 9.38. The summed E-state index contributed by atoms with van der Waals surface area (Å²) in [7, 11) is 0. The SMILES string of the molecule is C/C=C/CCC.Oc1ccccc1. The highest BCUT2D eigenvalue weighted by Crippen LogP contribution is 2.02. The molecule has 0 bridgehead atoms. The molecule has 13 heavy (non-hydrogen) atoms. The molecule has 1 aromatic carbocycles. The van der Waals surface area contributed by atoms with Crippen molar-refractivity contribution in [2.75, 3.05) is 0 Å². The Bertz CT molecular complexity index is 214. The summed E-state index contributed by atoms with van der Waals surface area (Å²) in [6, 6.07) is 8.71. The molecular weight excluding hydrogens is 160 g/mol. The van der Waals surface area contributed by atoms with Crippen molar-refractivity contribution < 1.29 is 5.11 Å². The van der Waals surface area contributed by atoms with Gasteiger partial charge in [0, 0.05) is 0 Å². The summed E-state index contributed by atoms with van der Waals surface area (Å²) in [4.78, 5) is 0. The van der Waals surface area contributed by atoms with E-state index < -0.39 is 0 Å². The van der Waals surface area contributed by atoms with Crippen molar-refractivity contribution in [1.82, 2.24) is 0 Å². The van der Waals surface area contributed by atoms with Crippen molar-refractivity contribution >= 4 is 0 Å². The van der Waals surface area contributed by atoms with E-state index in [9.17, 15) is 0 Å². The molecule has 0 radical (unpaired) electrons. The zero-order valence-electron chi connectivity index (χ0n) is 8.40. The van der Waals surface area contributed by atoms with E-state index in [2.05, 4.69) is 26.0 Å². The van der Waals surface area contributed by atoms with Crippen molar-refractivity contribution in [3.8, 4) is 5.75 Å². The van der Waals surface area contributed by atoms with E-state index in [4.69, 9.17) is 5.11 Å². The highest BCUT2D eigenvalue weighted by molar-refractivity contribution is 5.18. The third-order valence-corrected chi connectivity index (χ3v) is 1.45. The molecule has 0 spiro atoms. The Kier molecular flexibility index (Phi) is 8.01. The highest BCUT2D eigenvalue weighted by Gasteiger charge is 1.74. The van der Waals surface area contributed by atoms with Gasteiger partial charge in [-0.05, 0) is 25.5 Å². The Morgan fingerprint density at radius 1 is 1.23 bits per heavy atom. The first-order chi connectivity index (χ1) is 6.31. The lowest BCUT2D eigenvalue weighted by atomic mass is 10.3. The van der Waals surface area contributed by atoms with E-state index in [1.54, 1.807) is 24.3 Å². The maximum Gasteiger partial charge on any atom is 0.115 e. The van der Waals surface area contributed by atoms with Crippen molar-refractivity contribution in [3.05, 3.63) is 42.5 Å². The van der Waals surface area contributed by atoms with E-state index in [1.807, 2.05) is 6.07 Å². The first-order valence-corrected chi connectivity index (χ1v) is 4.66. The summed E-state index contributed by atoms with van der Waals surface area (Å²) in [6.45, 7) is 4.23. The van der Waals surface area contributed by atoms with E-state index in [0.29, 0.717) is 5.75 Å². The van der Waals surface area contributed by atoms with Crippen LogP contribution in [0, 0.1) is 0 Å². The zero-order valence-corrected chi connectivity index (χ0v) is 8.40. The summed E-state index contributed by atoms with van der Waals surface area (Å²) < 4.78 is 0. The fourth-order valence-electron chi connectivity index (χ4n) is 0.761. The van der Waals surface area contributed by atoms with Gasteiger partial charge in [-0.25, -0.2) is 0 Å². The maximum atomic E-state index is 8.63. The number of para-hydroxylation sites is 1. The number of hydrogen-bond acceptors (Lipinski definition) is 1. The number of unbranched alkanes of at least 4 members (excludes halogenated alkanes) is 1. The van der Waals surface area contributed by atoms with Crippen LogP contribution in [0.4, 0.5) is 0 Å². The molecule has 0 aromatic heterocycles. The van der Waals surface area contributed by atoms with Crippen LogP contribution in [-0.2, 0) is 0 Å². The van der Waals surface area contributed by atoms with Crippen molar-refractivity contribution in [3.63, 3.8) is 0 Å². The number of hydrogen-bond donors (Lipinski definition) is 1. The van der Waals surface area contributed by atoms with Gasteiger partial charge < -0.3 is 5.11 Å². The quantitative estimate of drug-likeness (QED) is 0.684. The van der Waals surface area contributed by atoms with Crippen LogP contribution in [0.15, 0.2) is 42.5 Å². The second kappa shape index (κ2) is 8.85. The molecule has 1 nitrogen and oxygen atoms in total. The molecule has 72 valence electrons. The van der Waals surface area contributed by atoms with Crippen LogP contribution in [0.1, 0.15) is 26.7 Å². The Morgan fingerprint density at radius 2 is 1.85 bits per heavy atom.